The Balaban J connectivity index is 3.03. The maximum absolute atomic E-state index is 12.7. The van der Waals surface area contributed by atoms with Crippen molar-refractivity contribution in [1.82, 2.24) is 4.57 Å². The standard InChI is InChI=1S/C7H8FNO2/c1-9-3-5(6(8)4-9)7(10)11-2/h3-4H,1-2H3. The maximum Gasteiger partial charge on any atom is 0.342 e. The van der Waals surface area contributed by atoms with Crippen LogP contribution in [0.15, 0.2) is 12.4 Å². The molecule has 0 N–H and O–H groups in total. The lowest BCUT2D eigenvalue weighted by atomic mass is 10.3. The van der Waals surface area contributed by atoms with E-state index in [1.165, 1.54) is 24.1 Å². The number of ether oxygens (including phenoxy) is 1. The van der Waals surface area contributed by atoms with Crippen LogP contribution >= 0.6 is 0 Å². The molecule has 0 unspecified atom stereocenters. The molecule has 0 fully saturated rings. The molecule has 1 aromatic heterocycles. The summed E-state index contributed by atoms with van der Waals surface area (Å²) in [6.07, 6.45) is 2.59. The maximum atomic E-state index is 12.7. The lowest BCUT2D eigenvalue weighted by Gasteiger charge is -1.92. The van der Waals surface area contributed by atoms with Crippen LogP contribution in [0.5, 0.6) is 0 Å². The first-order valence-corrected chi connectivity index (χ1v) is 3.05. The Morgan fingerprint density at radius 2 is 2.27 bits per heavy atom. The molecule has 11 heavy (non-hydrogen) atoms. The minimum atomic E-state index is -0.650. The fourth-order valence-corrected chi connectivity index (χ4v) is 0.811. The van der Waals surface area contributed by atoms with Crippen molar-refractivity contribution < 1.29 is 13.9 Å². The summed E-state index contributed by atoms with van der Waals surface area (Å²) in [5, 5.41) is 0. The van der Waals surface area contributed by atoms with Crippen LogP contribution < -0.4 is 0 Å². The largest absolute Gasteiger partial charge is 0.465 e. The molecule has 0 aliphatic rings. The van der Waals surface area contributed by atoms with Crippen LogP contribution in [-0.4, -0.2) is 17.6 Å². The van der Waals surface area contributed by atoms with Crippen molar-refractivity contribution in [3.8, 4) is 0 Å². The van der Waals surface area contributed by atoms with Crippen molar-refractivity contribution in [2.24, 2.45) is 7.05 Å². The van der Waals surface area contributed by atoms with Crippen LogP contribution in [0.3, 0.4) is 0 Å². The van der Waals surface area contributed by atoms with E-state index in [4.69, 9.17) is 0 Å². The molecular weight excluding hydrogens is 149 g/mol. The Hall–Kier alpha value is -1.32. The highest BCUT2D eigenvalue weighted by atomic mass is 19.1. The minimum absolute atomic E-state index is 0.0324. The van der Waals surface area contributed by atoms with Gasteiger partial charge in [0, 0.05) is 19.4 Å². The molecule has 0 bridgehead atoms. The number of nitrogens with zero attached hydrogens (tertiary/aromatic N) is 1. The van der Waals surface area contributed by atoms with Crippen molar-refractivity contribution in [2.45, 2.75) is 0 Å². The van der Waals surface area contributed by atoms with E-state index in [1.54, 1.807) is 7.05 Å². The van der Waals surface area contributed by atoms with Gasteiger partial charge in [-0.3, -0.25) is 0 Å². The number of carbonyl (C=O) groups is 1. The van der Waals surface area contributed by atoms with Crippen LogP contribution in [0.4, 0.5) is 4.39 Å². The predicted molar refractivity (Wildman–Crippen MR) is 36.7 cm³/mol. The van der Waals surface area contributed by atoms with Crippen molar-refractivity contribution in [2.75, 3.05) is 7.11 Å². The fraction of sp³-hybridized carbons (Fsp3) is 0.286. The quantitative estimate of drug-likeness (QED) is 0.568. The summed E-state index contributed by atoms with van der Waals surface area (Å²) in [6.45, 7) is 0. The van der Waals surface area contributed by atoms with E-state index >= 15 is 0 Å². The summed E-state index contributed by atoms with van der Waals surface area (Å²) in [6, 6.07) is 0. The summed E-state index contributed by atoms with van der Waals surface area (Å²) in [7, 11) is 2.85. The van der Waals surface area contributed by atoms with Gasteiger partial charge in [-0.2, -0.15) is 0 Å². The smallest absolute Gasteiger partial charge is 0.342 e. The van der Waals surface area contributed by atoms with Gasteiger partial charge in [-0.1, -0.05) is 0 Å². The first-order valence-electron chi connectivity index (χ1n) is 3.05. The van der Waals surface area contributed by atoms with Gasteiger partial charge in [0.1, 0.15) is 5.56 Å². The molecular formula is C7H8FNO2. The van der Waals surface area contributed by atoms with Gasteiger partial charge in [-0.15, -0.1) is 0 Å². The molecule has 0 saturated heterocycles. The van der Waals surface area contributed by atoms with E-state index in [0.717, 1.165) is 0 Å². The van der Waals surface area contributed by atoms with Gasteiger partial charge in [0.15, 0.2) is 5.82 Å². The topological polar surface area (TPSA) is 31.2 Å². The second-order valence-corrected chi connectivity index (χ2v) is 2.18. The minimum Gasteiger partial charge on any atom is -0.465 e. The average molecular weight is 157 g/mol. The van der Waals surface area contributed by atoms with Crippen molar-refractivity contribution in [3.63, 3.8) is 0 Å². The van der Waals surface area contributed by atoms with Gasteiger partial charge >= 0.3 is 5.97 Å². The van der Waals surface area contributed by atoms with E-state index in [2.05, 4.69) is 4.74 Å². The van der Waals surface area contributed by atoms with Gasteiger partial charge in [0.25, 0.3) is 0 Å². The molecule has 4 heteroatoms. The molecule has 0 aliphatic carbocycles. The van der Waals surface area contributed by atoms with E-state index in [9.17, 15) is 9.18 Å². The lowest BCUT2D eigenvalue weighted by molar-refractivity contribution is 0.0596. The average Bonchev–Trinajstić information content (AvgIpc) is 2.28. The molecule has 3 nitrogen and oxygen atoms in total. The Morgan fingerprint density at radius 3 is 2.64 bits per heavy atom. The van der Waals surface area contributed by atoms with Gasteiger partial charge in [0.2, 0.25) is 0 Å². The van der Waals surface area contributed by atoms with Crippen LogP contribution in [0, 0.1) is 5.82 Å². The molecule has 0 aromatic carbocycles. The van der Waals surface area contributed by atoms with E-state index in [-0.39, 0.29) is 5.56 Å². The monoisotopic (exact) mass is 157 g/mol. The number of rotatable bonds is 1. The zero-order valence-electron chi connectivity index (χ0n) is 6.30. The SMILES string of the molecule is COC(=O)c1cn(C)cc1F. The number of aromatic nitrogens is 1. The van der Waals surface area contributed by atoms with E-state index < -0.39 is 11.8 Å². The molecule has 0 spiro atoms. The van der Waals surface area contributed by atoms with Crippen molar-refractivity contribution in [3.05, 3.63) is 23.8 Å². The number of aryl methyl sites for hydroxylation is 1. The summed E-state index contributed by atoms with van der Waals surface area (Å²) in [5.74, 6) is -1.21. The van der Waals surface area contributed by atoms with E-state index in [0.29, 0.717) is 0 Å². The number of hydrogen-bond acceptors (Lipinski definition) is 2. The third-order valence-corrected chi connectivity index (χ3v) is 1.31. The van der Waals surface area contributed by atoms with Gasteiger partial charge < -0.3 is 9.30 Å². The molecule has 0 aliphatic heterocycles. The Labute approximate surface area is 63.4 Å². The fourth-order valence-electron chi connectivity index (χ4n) is 0.811. The summed E-state index contributed by atoms with van der Waals surface area (Å²) in [4.78, 5) is 10.8. The third kappa shape index (κ3) is 1.39. The molecule has 0 radical (unpaired) electrons. The van der Waals surface area contributed by atoms with Crippen LogP contribution in [0.2, 0.25) is 0 Å². The first-order chi connectivity index (χ1) is 5.15. The van der Waals surface area contributed by atoms with Crippen LogP contribution in [0.25, 0.3) is 0 Å². The van der Waals surface area contributed by atoms with Crippen molar-refractivity contribution in [1.29, 1.82) is 0 Å². The first kappa shape index (κ1) is 7.78. The third-order valence-electron chi connectivity index (χ3n) is 1.31. The molecule has 60 valence electrons. The summed E-state index contributed by atoms with van der Waals surface area (Å²) < 4.78 is 18.5. The number of methoxy groups -OCH3 is 1. The molecule has 1 rings (SSSR count). The van der Waals surface area contributed by atoms with Gasteiger partial charge in [-0.05, 0) is 0 Å². The van der Waals surface area contributed by atoms with Crippen LogP contribution in [-0.2, 0) is 11.8 Å². The normalized spacial score (nSPS) is 9.73. The van der Waals surface area contributed by atoms with Gasteiger partial charge in [-0.25, -0.2) is 9.18 Å². The van der Waals surface area contributed by atoms with Crippen molar-refractivity contribution >= 4 is 5.97 Å². The zero-order valence-corrected chi connectivity index (χ0v) is 6.30. The number of hydrogen-bond donors (Lipinski definition) is 0. The highest BCUT2D eigenvalue weighted by Gasteiger charge is 2.13. The lowest BCUT2D eigenvalue weighted by Crippen LogP contribution is -2.01. The number of esters is 1. The molecule has 1 aromatic rings. The van der Waals surface area contributed by atoms with E-state index in [1.807, 2.05) is 0 Å². The zero-order chi connectivity index (χ0) is 8.43. The Morgan fingerprint density at radius 1 is 1.64 bits per heavy atom. The summed E-state index contributed by atoms with van der Waals surface area (Å²) in [5.41, 5.74) is -0.0324. The van der Waals surface area contributed by atoms with Gasteiger partial charge in [0.05, 0.1) is 7.11 Å². The highest BCUT2D eigenvalue weighted by molar-refractivity contribution is 5.89. The summed E-state index contributed by atoms with van der Waals surface area (Å²) >= 11 is 0. The second kappa shape index (κ2) is 2.74. The Bertz CT molecular complexity index is 280. The highest BCUT2D eigenvalue weighted by Crippen LogP contribution is 2.08. The second-order valence-electron chi connectivity index (χ2n) is 2.18. The number of carbonyl (C=O) groups excluding carboxylic acids is 1. The molecule has 0 amide bonds. The molecule has 0 atom stereocenters. The Kier molecular flexibility index (Phi) is 1.94. The molecule has 1 heterocycles. The molecule has 0 saturated carbocycles. The van der Waals surface area contributed by atoms with Crippen LogP contribution in [0.1, 0.15) is 10.4 Å². The number of halogens is 1. The predicted octanol–water partition coefficient (Wildman–Crippen LogP) is 0.951.